The van der Waals surface area contributed by atoms with Gasteiger partial charge in [-0.3, -0.25) is 0 Å². The first kappa shape index (κ1) is 19.3. The molecule has 1 aliphatic carbocycles. The van der Waals surface area contributed by atoms with Gasteiger partial charge in [-0.2, -0.15) is 0 Å². The van der Waals surface area contributed by atoms with Crippen LogP contribution in [0.2, 0.25) is 0 Å². The van der Waals surface area contributed by atoms with Crippen molar-refractivity contribution in [1.29, 1.82) is 0 Å². The van der Waals surface area contributed by atoms with Crippen LogP contribution in [0.5, 0.6) is 5.75 Å². The maximum atomic E-state index is 10.9. The molecule has 1 nitrogen and oxygen atoms in total. The van der Waals surface area contributed by atoms with E-state index in [-0.39, 0.29) is 10.8 Å². The third-order valence-electron chi connectivity index (χ3n) is 5.76. The van der Waals surface area contributed by atoms with Crippen molar-refractivity contribution in [2.75, 3.05) is 0 Å². The van der Waals surface area contributed by atoms with Gasteiger partial charge in [0.25, 0.3) is 0 Å². The average molecular weight is 331 g/mol. The molecule has 0 saturated heterocycles. The molecule has 136 valence electrons. The van der Waals surface area contributed by atoms with E-state index in [9.17, 15) is 5.11 Å². The van der Waals surface area contributed by atoms with Crippen LogP contribution in [0.15, 0.2) is 12.1 Å². The molecule has 1 aromatic rings. The predicted molar refractivity (Wildman–Crippen MR) is 105 cm³/mol. The number of phenolic OH excluding ortho intramolecular Hbond substituents is 1. The Morgan fingerprint density at radius 1 is 0.875 bits per heavy atom. The first-order valence-electron chi connectivity index (χ1n) is 9.92. The van der Waals surface area contributed by atoms with Crippen molar-refractivity contribution >= 4 is 0 Å². The number of hydrogen-bond acceptors (Lipinski definition) is 1. The Morgan fingerprint density at radius 2 is 1.33 bits per heavy atom. The molecule has 0 heterocycles. The first-order valence-corrected chi connectivity index (χ1v) is 9.92. The molecule has 0 unspecified atom stereocenters. The lowest BCUT2D eigenvalue weighted by molar-refractivity contribution is 0.307. The van der Waals surface area contributed by atoms with Crippen LogP contribution in [0.4, 0.5) is 0 Å². The maximum absolute atomic E-state index is 10.9. The summed E-state index contributed by atoms with van der Waals surface area (Å²) >= 11 is 0. The molecular weight excluding hydrogens is 292 g/mol. The fourth-order valence-electron chi connectivity index (χ4n) is 4.23. The number of phenols is 1. The van der Waals surface area contributed by atoms with Gasteiger partial charge in [-0.15, -0.1) is 0 Å². The summed E-state index contributed by atoms with van der Waals surface area (Å²) in [5.74, 6) is 2.12. The monoisotopic (exact) mass is 330 g/mol. The molecular formula is C23H38O. The van der Waals surface area contributed by atoms with Crippen LogP contribution < -0.4 is 0 Å². The zero-order valence-corrected chi connectivity index (χ0v) is 17.0. The van der Waals surface area contributed by atoms with Crippen molar-refractivity contribution in [3.8, 4) is 5.75 Å². The smallest absolute Gasteiger partial charge is 0.123 e. The number of aromatic hydroxyl groups is 1. The quantitative estimate of drug-likeness (QED) is 0.629. The van der Waals surface area contributed by atoms with E-state index in [0.29, 0.717) is 11.7 Å². The van der Waals surface area contributed by atoms with E-state index in [4.69, 9.17) is 0 Å². The Labute approximate surface area is 149 Å². The molecule has 2 rings (SSSR count). The zero-order chi connectivity index (χ0) is 18.1. The average Bonchev–Trinajstić information content (AvgIpc) is 2.46. The normalized spacial score (nSPS) is 22.6. The fraction of sp³-hybridized carbons (Fsp3) is 0.739. The molecule has 0 aromatic heterocycles. The Hall–Kier alpha value is -0.980. The van der Waals surface area contributed by atoms with Crippen LogP contribution >= 0.6 is 0 Å². The molecule has 0 spiro atoms. The van der Waals surface area contributed by atoms with Crippen molar-refractivity contribution in [2.45, 2.75) is 104 Å². The van der Waals surface area contributed by atoms with Crippen LogP contribution in [0.3, 0.4) is 0 Å². The topological polar surface area (TPSA) is 20.2 Å². The Bertz CT molecular complexity index is 513. The minimum absolute atomic E-state index is 0.0283. The molecule has 1 fully saturated rings. The number of hydrogen-bond donors (Lipinski definition) is 1. The molecule has 1 saturated carbocycles. The highest BCUT2D eigenvalue weighted by Gasteiger charge is 2.29. The SMILES string of the molecule is CCCC1CCC(c2cc(C(C)(C)C)c(O)c(C(C)(C)C)c2)CC1. The molecule has 1 aromatic carbocycles. The van der Waals surface area contributed by atoms with Gasteiger partial charge in [0, 0.05) is 0 Å². The summed E-state index contributed by atoms with van der Waals surface area (Å²) in [4.78, 5) is 0. The summed E-state index contributed by atoms with van der Waals surface area (Å²) in [6, 6.07) is 4.60. The molecule has 0 aliphatic heterocycles. The van der Waals surface area contributed by atoms with Crippen molar-refractivity contribution in [3.63, 3.8) is 0 Å². The molecule has 24 heavy (non-hydrogen) atoms. The van der Waals surface area contributed by atoms with Crippen LogP contribution in [-0.4, -0.2) is 5.11 Å². The third-order valence-corrected chi connectivity index (χ3v) is 5.76. The summed E-state index contributed by atoms with van der Waals surface area (Å²) in [7, 11) is 0. The summed E-state index contributed by atoms with van der Waals surface area (Å²) in [6.45, 7) is 15.5. The number of rotatable bonds is 3. The fourth-order valence-corrected chi connectivity index (χ4v) is 4.23. The van der Waals surface area contributed by atoms with Crippen LogP contribution in [0.1, 0.15) is 110 Å². The van der Waals surface area contributed by atoms with E-state index >= 15 is 0 Å². The highest BCUT2D eigenvalue weighted by Crippen LogP contribution is 2.44. The Kier molecular flexibility index (Phi) is 5.72. The van der Waals surface area contributed by atoms with Gasteiger partial charge in [-0.25, -0.2) is 0 Å². The van der Waals surface area contributed by atoms with Crippen molar-refractivity contribution in [3.05, 3.63) is 28.8 Å². The number of benzene rings is 1. The minimum atomic E-state index is -0.0283. The van der Waals surface area contributed by atoms with Gasteiger partial charge in [-0.1, -0.05) is 73.4 Å². The second kappa shape index (κ2) is 7.10. The minimum Gasteiger partial charge on any atom is -0.507 e. The molecule has 0 atom stereocenters. The Balaban J connectivity index is 2.37. The highest BCUT2D eigenvalue weighted by molar-refractivity contribution is 5.50. The molecule has 0 amide bonds. The van der Waals surface area contributed by atoms with Gasteiger partial charge in [-0.05, 0) is 65.0 Å². The van der Waals surface area contributed by atoms with E-state index < -0.39 is 0 Å². The first-order chi connectivity index (χ1) is 11.0. The van der Waals surface area contributed by atoms with Crippen LogP contribution in [0.25, 0.3) is 0 Å². The van der Waals surface area contributed by atoms with Gasteiger partial charge in [0.1, 0.15) is 5.75 Å². The van der Waals surface area contributed by atoms with Crippen molar-refractivity contribution < 1.29 is 5.11 Å². The largest absolute Gasteiger partial charge is 0.507 e. The van der Waals surface area contributed by atoms with Gasteiger partial charge < -0.3 is 5.11 Å². The Morgan fingerprint density at radius 3 is 1.71 bits per heavy atom. The molecule has 0 radical (unpaired) electrons. The summed E-state index contributed by atoms with van der Waals surface area (Å²) in [5.41, 5.74) is 3.62. The standard InChI is InChI=1S/C23H38O/c1-8-9-16-10-12-17(13-11-16)18-14-19(22(2,3)4)21(24)20(15-18)23(5,6)7/h14-17,24H,8-13H2,1-7H3. The lowest BCUT2D eigenvalue weighted by Gasteiger charge is -2.32. The van der Waals surface area contributed by atoms with Gasteiger partial charge in [0.15, 0.2) is 0 Å². The van der Waals surface area contributed by atoms with Crippen LogP contribution in [-0.2, 0) is 10.8 Å². The zero-order valence-electron chi connectivity index (χ0n) is 17.0. The van der Waals surface area contributed by atoms with E-state index in [2.05, 4.69) is 60.6 Å². The third kappa shape index (κ3) is 4.35. The van der Waals surface area contributed by atoms with Crippen LogP contribution in [0, 0.1) is 5.92 Å². The van der Waals surface area contributed by atoms with Crippen molar-refractivity contribution in [2.24, 2.45) is 5.92 Å². The summed E-state index contributed by atoms with van der Waals surface area (Å²) in [6.07, 6.45) is 8.06. The van der Waals surface area contributed by atoms with E-state index in [0.717, 1.165) is 17.0 Å². The summed E-state index contributed by atoms with van der Waals surface area (Å²) < 4.78 is 0. The van der Waals surface area contributed by atoms with Gasteiger partial charge in [0.05, 0.1) is 0 Å². The second-order valence-electron chi connectivity index (χ2n) is 9.97. The summed E-state index contributed by atoms with van der Waals surface area (Å²) in [5, 5.41) is 10.9. The van der Waals surface area contributed by atoms with E-state index in [1.807, 2.05) is 0 Å². The van der Waals surface area contributed by atoms with E-state index in [1.165, 1.54) is 44.1 Å². The van der Waals surface area contributed by atoms with Gasteiger partial charge >= 0.3 is 0 Å². The molecule has 1 N–H and O–H groups in total. The van der Waals surface area contributed by atoms with Crippen molar-refractivity contribution in [1.82, 2.24) is 0 Å². The highest BCUT2D eigenvalue weighted by atomic mass is 16.3. The molecule has 1 aliphatic rings. The van der Waals surface area contributed by atoms with E-state index in [1.54, 1.807) is 0 Å². The lowest BCUT2D eigenvalue weighted by atomic mass is 9.73. The van der Waals surface area contributed by atoms with Gasteiger partial charge in [0.2, 0.25) is 0 Å². The molecule has 1 heteroatoms. The lowest BCUT2D eigenvalue weighted by Crippen LogP contribution is -2.20. The second-order valence-corrected chi connectivity index (χ2v) is 9.97. The molecule has 0 bridgehead atoms. The maximum Gasteiger partial charge on any atom is 0.123 e. The predicted octanol–water partition coefficient (Wildman–Crippen LogP) is 7.06.